The van der Waals surface area contributed by atoms with E-state index in [1.54, 1.807) is 0 Å². The van der Waals surface area contributed by atoms with Crippen molar-refractivity contribution in [3.05, 3.63) is 249 Å². The molecule has 0 saturated carbocycles. The molecule has 1 aliphatic rings. The number of para-hydroxylation sites is 5. The monoisotopic (exact) mass is 888 g/mol. The average molecular weight is 889 g/mol. The molecule has 0 radical (unpaired) electrons. The van der Waals surface area contributed by atoms with Gasteiger partial charge in [0.1, 0.15) is 23.9 Å². The van der Waals surface area contributed by atoms with Crippen molar-refractivity contribution in [2.45, 2.75) is 0 Å². The van der Waals surface area contributed by atoms with Crippen molar-refractivity contribution in [2.75, 3.05) is 11.9 Å². The molecule has 3 heterocycles. The van der Waals surface area contributed by atoms with Gasteiger partial charge in [-0.1, -0.05) is 176 Å². The highest BCUT2D eigenvalue weighted by Crippen LogP contribution is 2.37. The molecule has 0 saturated heterocycles. The normalized spacial score (nSPS) is 12.6. The number of ether oxygens (including phenoxy) is 1. The van der Waals surface area contributed by atoms with Crippen LogP contribution in [0, 0.1) is 0 Å². The molecule has 1 N–H and O–H groups in total. The maximum absolute atomic E-state index is 5.97. The number of anilines is 1. The molecule has 5 nitrogen and oxygen atoms in total. The second kappa shape index (κ2) is 16.3. The molecule has 13 rings (SSSR count). The van der Waals surface area contributed by atoms with Gasteiger partial charge < -0.3 is 19.2 Å². The summed E-state index contributed by atoms with van der Waals surface area (Å²) < 4.78 is 10.9. The van der Waals surface area contributed by atoms with E-state index in [0.29, 0.717) is 6.61 Å². The first-order chi connectivity index (χ1) is 33.7. The number of hydrogen-bond donors (Lipinski definition) is 1. The van der Waals surface area contributed by atoms with E-state index in [1.807, 2.05) is 24.3 Å². The molecule has 2 aromatic heterocycles. The van der Waals surface area contributed by atoms with Crippen LogP contribution in [0.2, 0.25) is 0 Å². The molecule has 10 aromatic carbocycles. The number of rotatable bonds is 8. The maximum Gasteiger partial charge on any atom is 0.179 e. The second-order valence-corrected chi connectivity index (χ2v) is 21.4. The van der Waals surface area contributed by atoms with E-state index in [1.165, 1.54) is 69.9 Å². The van der Waals surface area contributed by atoms with Gasteiger partial charge in [-0.2, -0.15) is 0 Å². The molecule has 0 amide bonds. The van der Waals surface area contributed by atoms with Crippen LogP contribution in [0.4, 0.5) is 11.4 Å². The maximum atomic E-state index is 5.97. The summed E-state index contributed by atoms with van der Waals surface area (Å²) in [5.41, 5.74) is 11.2. The van der Waals surface area contributed by atoms with Gasteiger partial charge in [0, 0.05) is 38.6 Å². The molecule has 0 bridgehead atoms. The zero-order chi connectivity index (χ0) is 45.0. The summed E-state index contributed by atoms with van der Waals surface area (Å²) in [5, 5.41) is 13.7. The van der Waals surface area contributed by atoms with Crippen molar-refractivity contribution in [2.24, 2.45) is 4.99 Å². The highest BCUT2D eigenvalue weighted by atomic mass is 28.3. The van der Waals surface area contributed by atoms with Crippen LogP contribution >= 0.6 is 0 Å². The van der Waals surface area contributed by atoms with Crippen molar-refractivity contribution >= 4 is 89.6 Å². The Bertz CT molecular complexity index is 3800. The number of aliphatic imine (C=N–C) groups is 1. The summed E-state index contributed by atoms with van der Waals surface area (Å²) in [5.74, 6) is 1.59. The fraction of sp³-hybridized carbons (Fsp3) is 0.0161. The van der Waals surface area contributed by atoms with E-state index in [9.17, 15) is 0 Å². The first-order valence-corrected chi connectivity index (χ1v) is 25.2. The first kappa shape index (κ1) is 39.6. The Kier molecular flexibility index (Phi) is 9.51. The molecule has 0 aliphatic carbocycles. The van der Waals surface area contributed by atoms with E-state index >= 15 is 0 Å². The van der Waals surface area contributed by atoms with Gasteiger partial charge in [0.05, 0.1) is 22.1 Å². The molecule has 6 heteroatoms. The van der Waals surface area contributed by atoms with E-state index in [4.69, 9.17) is 9.73 Å². The fourth-order valence-corrected chi connectivity index (χ4v) is 15.6. The molecular formula is C62H44N4OSi. The number of nitrogens with zero attached hydrogens (tertiary/aromatic N) is 3. The number of nitrogens with one attached hydrogen (secondary N) is 1. The third kappa shape index (κ3) is 6.49. The van der Waals surface area contributed by atoms with Crippen molar-refractivity contribution in [1.29, 1.82) is 0 Å². The van der Waals surface area contributed by atoms with Gasteiger partial charge in [0.2, 0.25) is 0 Å². The Morgan fingerprint density at radius 3 is 1.56 bits per heavy atom. The van der Waals surface area contributed by atoms with Crippen LogP contribution in [0.15, 0.2) is 254 Å². The number of amidine groups is 1. The lowest BCUT2D eigenvalue weighted by Crippen LogP contribution is -2.74. The van der Waals surface area contributed by atoms with Crippen molar-refractivity contribution < 1.29 is 4.74 Å². The second-order valence-electron chi connectivity index (χ2n) is 17.6. The van der Waals surface area contributed by atoms with Crippen molar-refractivity contribution in [1.82, 2.24) is 9.13 Å². The van der Waals surface area contributed by atoms with Crippen molar-refractivity contribution in [3.8, 4) is 28.3 Å². The number of fused-ring (bicyclic) bond motifs is 7. The Labute approximate surface area is 395 Å². The minimum absolute atomic E-state index is 0.398. The van der Waals surface area contributed by atoms with Gasteiger partial charge in [-0.3, -0.25) is 0 Å². The largest absolute Gasteiger partial charge is 0.483 e. The van der Waals surface area contributed by atoms with Gasteiger partial charge in [-0.25, -0.2) is 4.99 Å². The third-order valence-corrected chi connectivity index (χ3v) is 18.5. The van der Waals surface area contributed by atoms with Crippen LogP contribution < -0.4 is 30.8 Å². The number of benzene rings is 10. The molecular weight excluding hydrogens is 845 g/mol. The smallest absolute Gasteiger partial charge is 0.179 e. The van der Waals surface area contributed by atoms with Crippen LogP contribution in [0.5, 0.6) is 5.75 Å². The lowest BCUT2D eigenvalue weighted by atomic mass is 10.1. The topological polar surface area (TPSA) is 43.5 Å². The minimum atomic E-state index is -2.97. The molecule has 0 fully saturated rings. The standard InChI is InChI=1S/C62H44N4OSi/c1-3-19-48(20-4-1)68(49-21-5-2-6-22-49,50-23-15-17-44(39-50)43-33-35-45(36-34-43)63-62-42-67-61-32-14-10-28-56(61)64-62)51-24-16-18-46(40-51)65-59-31-13-9-27-54(59)55-41-47(37-38-60(55)65)66-57-29-11-7-25-52(57)53-26-8-12-30-58(53)66/h1-41H,42H2,(H,63,64). The molecule has 1 aliphatic heterocycles. The zero-order valence-corrected chi connectivity index (χ0v) is 38.1. The van der Waals surface area contributed by atoms with Gasteiger partial charge in [0.25, 0.3) is 0 Å². The first-order valence-electron chi connectivity index (χ1n) is 23.2. The predicted molar refractivity (Wildman–Crippen MR) is 287 cm³/mol. The molecule has 68 heavy (non-hydrogen) atoms. The van der Waals surface area contributed by atoms with E-state index in [0.717, 1.165) is 39.9 Å². The number of aromatic nitrogens is 2. The molecule has 0 spiro atoms. The Morgan fingerprint density at radius 1 is 0.382 bits per heavy atom. The van der Waals surface area contributed by atoms with Crippen LogP contribution in [-0.2, 0) is 0 Å². The predicted octanol–water partition coefficient (Wildman–Crippen LogP) is 12.5. The van der Waals surface area contributed by atoms with Crippen LogP contribution in [0.1, 0.15) is 0 Å². The van der Waals surface area contributed by atoms with Crippen LogP contribution in [0.3, 0.4) is 0 Å². The quantitative estimate of drug-likeness (QED) is 0.122. The Morgan fingerprint density at radius 2 is 0.897 bits per heavy atom. The minimum Gasteiger partial charge on any atom is -0.483 e. The lowest BCUT2D eigenvalue weighted by Gasteiger charge is -2.35. The lowest BCUT2D eigenvalue weighted by molar-refractivity contribution is 0.372. The van der Waals surface area contributed by atoms with Crippen LogP contribution in [-0.4, -0.2) is 29.7 Å². The Balaban J connectivity index is 0.952. The van der Waals surface area contributed by atoms with Gasteiger partial charge in [-0.05, 0) is 105 Å². The third-order valence-electron chi connectivity index (χ3n) is 13.7. The SMILES string of the molecule is c1ccc([Si](c2ccccc2)(c2cccc(-c3ccc(NC4=Nc5ccccc5OC4)cc3)c2)c2cccc(-n3c4ccccc4c4cc(-n5c6ccccc6c6ccccc65)ccc43)c2)cc1. The van der Waals surface area contributed by atoms with E-state index in [2.05, 4.69) is 239 Å². The summed E-state index contributed by atoms with van der Waals surface area (Å²) in [6.45, 7) is 0.398. The summed E-state index contributed by atoms with van der Waals surface area (Å²) in [6, 6.07) is 90.9. The highest BCUT2D eigenvalue weighted by molar-refractivity contribution is 7.20. The number of hydrogen-bond acceptors (Lipinski definition) is 3. The van der Waals surface area contributed by atoms with Gasteiger partial charge in [-0.15, -0.1) is 0 Å². The average Bonchev–Trinajstić information content (AvgIpc) is 3.93. The summed E-state index contributed by atoms with van der Waals surface area (Å²) in [4.78, 5) is 4.81. The highest BCUT2D eigenvalue weighted by Gasteiger charge is 2.42. The summed E-state index contributed by atoms with van der Waals surface area (Å²) >= 11 is 0. The molecule has 0 unspecified atom stereocenters. The van der Waals surface area contributed by atoms with Crippen LogP contribution in [0.25, 0.3) is 66.1 Å². The molecule has 0 atom stereocenters. The van der Waals surface area contributed by atoms with E-state index in [-0.39, 0.29) is 0 Å². The zero-order valence-electron chi connectivity index (χ0n) is 37.1. The molecule has 12 aromatic rings. The van der Waals surface area contributed by atoms with Gasteiger partial charge in [0.15, 0.2) is 8.07 Å². The summed E-state index contributed by atoms with van der Waals surface area (Å²) in [6.07, 6.45) is 0. The van der Waals surface area contributed by atoms with Gasteiger partial charge >= 0.3 is 0 Å². The fourth-order valence-electron chi connectivity index (χ4n) is 10.7. The molecule has 322 valence electrons. The van der Waals surface area contributed by atoms with E-state index < -0.39 is 8.07 Å². The Hall–Kier alpha value is -8.71. The van der Waals surface area contributed by atoms with Crippen molar-refractivity contribution in [3.63, 3.8) is 0 Å². The summed E-state index contributed by atoms with van der Waals surface area (Å²) in [7, 11) is -2.97.